The van der Waals surface area contributed by atoms with Gasteiger partial charge < -0.3 is 14.5 Å². The van der Waals surface area contributed by atoms with Crippen LogP contribution in [0, 0.1) is 0 Å². The van der Waals surface area contributed by atoms with Gasteiger partial charge in [0.25, 0.3) is 0 Å². The monoisotopic (exact) mass is 237 g/mol. The summed E-state index contributed by atoms with van der Waals surface area (Å²) in [6.07, 6.45) is 6.76. The van der Waals surface area contributed by atoms with Gasteiger partial charge in [-0.05, 0) is 32.2 Å². The van der Waals surface area contributed by atoms with Gasteiger partial charge in [0.05, 0.1) is 0 Å². The molecule has 0 spiro atoms. The smallest absolute Gasteiger partial charge is 0.245 e. The molecule has 94 valence electrons. The van der Waals surface area contributed by atoms with Crippen molar-refractivity contribution >= 4 is 0 Å². The fraction of sp³-hybridized carbons (Fsp3) is 0.833. The van der Waals surface area contributed by atoms with Crippen molar-refractivity contribution in [2.75, 3.05) is 13.2 Å². The molecule has 2 saturated heterocycles. The maximum Gasteiger partial charge on any atom is 0.245 e. The highest BCUT2D eigenvalue weighted by Gasteiger charge is 2.24. The summed E-state index contributed by atoms with van der Waals surface area (Å²) < 4.78 is 11.2. The van der Waals surface area contributed by atoms with E-state index >= 15 is 0 Å². The molecule has 5 heteroatoms. The lowest BCUT2D eigenvalue weighted by Gasteiger charge is -2.21. The van der Waals surface area contributed by atoms with E-state index in [4.69, 9.17) is 9.15 Å². The molecule has 5 nitrogen and oxygen atoms in total. The van der Waals surface area contributed by atoms with Crippen molar-refractivity contribution in [3.05, 3.63) is 11.8 Å². The van der Waals surface area contributed by atoms with E-state index in [9.17, 15) is 0 Å². The highest BCUT2D eigenvalue weighted by atomic mass is 16.5. The molecule has 0 aliphatic carbocycles. The van der Waals surface area contributed by atoms with Gasteiger partial charge in [-0.3, -0.25) is 0 Å². The minimum absolute atomic E-state index is 0.0376. The van der Waals surface area contributed by atoms with Crippen LogP contribution in [0.15, 0.2) is 4.42 Å². The molecule has 1 aromatic rings. The van der Waals surface area contributed by atoms with Gasteiger partial charge in [-0.25, -0.2) is 0 Å². The summed E-state index contributed by atoms with van der Waals surface area (Å²) in [5.41, 5.74) is 0. The molecule has 0 aromatic carbocycles. The Labute approximate surface area is 101 Å². The van der Waals surface area contributed by atoms with Crippen LogP contribution in [0.2, 0.25) is 0 Å². The number of hydrogen-bond acceptors (Lipinski definition) is 5. The highest BCUT2D eigenvalue weighted by Crippen LogP contribution is 2.27. The minimum atomic E-state index is 0.0376. The molecule has 0 saturated carbocycles. The second-order valence-electron chi connectivity index (χ2n) is 4.89. The Kier molecular flexibility index (Phi) is 3.38. The van der Waals surface area contributed by atoms with E-state index in [2.05, 4.69) is 15.5 Å². The molecule has 3 rings (SSSR count). The molecule has 17 heavy (non-hydrogen) atoms. The molecule has 2 aliphatic rings. The SMILES string of the molecule is C1CCC(Cc2nnc(C3CCCO3)o2)NC1. The second-order valence-corrected chi connectivity index (χ2v) is 4.89. The number of rotatable bonds is 3. The average molecular weight is 237 g/mol. The number of hydrogen-bond donors (Lipinski definition) is 1. The highest BCUT2D eigenvalue weighted by molar-refractivity contribution is 4.91. The Balaban J connectivity index is 1.59. The van der Waals surface area contributed by atoms with Crippen LogP contribution in [-0.2, 0) is 11.2 Å². The predicted molar refractivity (Wildman–Crippen MR) is 61.6 cm³/mol. The van der Waals surface area contributed by atoms with Crippen molar-refractivity contribution in [3.63, 3.8) is 0 Å². The molecule has 2 fully saturated rings. The summed E-state index contributed by atoms with van der Waals surface area (Å²) >= 11 is 0. The summed E-state index contributed by atoms with van der Waals surface area (Å²) in [6, 6.07) is 0.501. The van der Waals surface area contributed by atoms with E-state index in [1.807, 2.05) is 0 Å². The van der Waals surface area contributed by atoms with Crippen molar-refractivity contribution in [2.45, 2.75) is 50.7 Å². The predicted octanol–water partition coefficient (Wildman–Crippen LogP) is 1.61. The van der Waals surface area contributed by atoms with Crippen molar-refractivity contribution in [1.29, 1.82) is 0 Å². The molecule has 1 N–H and O–H groups in total. The molecule has 2 atom stereocenters. The van der Waals surface area contributed by atoms with Gasteiger partial charge in [0, 0.05) is 19.1 Å². The molecule has 0 bridgehead atoms. The molecule has 2 unspecified atom stereocenters. The van der Waals surface area contributed by atoms with Crippen molar-refractivity contribution in [3.8, 4) is 0 Å². The van der Waals surface area contributed by atoms with Crippen molar-refractivity contribution < 1.29 is 9.15 Å². The van der Waals surface area contributed by atoms with E-state index in [0.717, 1.165) is 38.3 Å². The maximum atomic E-state index is 5.68. The molecule has 2 aliphatic heterocycles. The summed E-state index contributed by atoms with van der Waals surface area (Å²) in [4.78, 5) is 0. The van der Waals surface area contributed by atoms with E-state index in [1.54, 1.807) is 0 Å². The fourth-order valence-corrected chi connectivity index (χ4v) is 2.56. The van der Waals surface area contributed by atoms with Crippen molar-refractivity contribution in [2.24, 2.45) is 0 Å². The van der Waals surface area contributed by atoms with Crippen LogP contribution in [0.3, 0.4) is 0 Å². The standard InChI is InChI=1S/C12H19N3O2/c1-2-6-13-9(4-1)8-11-14-15-12(17-11)10-5-3-7-16-10/h9-10,13H,1-8H2. The molecule has 0 radical (unpaired) electrons. The molecule has 0 amide bonds. The zero-order chi connectivity index (χ0) is 11.5. The van der Waals surface area contributed by atoms with Gasteiger partial charge in [-0.1, -0.05) is 6.42 Å². The van der Waals surface area contributed by atoms with Crippen LogP contribution in [0.1, 0.15) is 50.0 Å². The second kappa shape index (κ2) is 5.14. The number of ether oxygens (including phenoxy) is 1. The number of nitrogens with one attached hydrogen (secondary N) is 1. The van der Waals surface area contributed by atoms with E-state index in [0.29, 0.717) is 11.9 Å². The van der Waals surface area contributed by atoms with Gasteiger partial charge >= 0.3 is 0 Å². The molecular weight excluding hydrogens is 218 g/mol. The number of piperidine rings is 1. The Morgan fingerprint density at radius 2 is 2.18 bits per heavy atom. The Morgan fingerprint density at radius 1 is 1.18 bits per heavy atom. The zero-order valence-electron chi connectivity index (χ0n) is 10.0. The Morgan fingerprint density at radius 3 is 2.94 bits per heavy atom. The zero-order valence-corrected chi connectivity index (χ0v) is 10.0. The first-order chi connectivity index (χ1) is 8.42. The average Bonchev–Trinajstić information content (AvgIpc) is 3.00. The van der Waals surface area contributed by atoms with Gasteiger partial charge in [0.1, 0.15) is 6.10 Å². The van der Waals surface area contributed by atoms with Crippen LogP contribution in [-0.4, -0.2) is 29.4 Å². The van der Waals surface area contributed by atoms with Crippen LogP contribution in [0.5, 0.6) is 0 Å². The van der Waals surface area contributed by atoms with Gasteiger partial charge in [-0.15, -0.1) is 10.2 Å². The van der Waals surface area contributed by atoms with E-state index < -0.39 is 0 Å². The van der Waals surface area contributed by atoms with Crippen molar-refractivity contribution in [1.82, 2.24) is 15.5 Å². The first-order valence-corrected chi connectivity index (χ1v) is 6.59. The van der Waals surface area contributed by atoms with Gasteiger partial charge in [-0.2, -0.15) is 0 Å². The molecule has 1 aromatic heterocycles. The molecule has 3 heterocycles. The number of aromatic nitrogens is 2. The third kappa shape index (κ3) is 2.66. The Bertz CT molecular complexity index is 354. The topological polar surface area (TPSA) is 60.2 Å². The lowest BCUT2D eigenvalue weighted by molar-refractivity contribution is 0.0879. The van der Waals surface area contributed by atoms with Crippen LogP contribution in [0.4, 0.5) is 0 Å². The maximum absolute atomic E-state index is 5.68. The lowest BCUT2D eigenvalue weighted by Crippen LogP contribution is -2.35. The fourth-order valence-electron chi connectivity index (χ4n) is 2.56. The summed E-state index contributed by atoms with van der Waals surface area (Å²) in [5, 5.41) is 11.7. The first kappa shape index (κ1) is 11.2. The van der Waals surface area contributed by atoms with E-state index in [-0.39, 0.29) is 6.10 Å². The van der Waals surface area contributed by atoms with Gasteiger partial charge in [0.15, 0.2) is 0 Å². The molecular formula is C12H19N3O2. The third-order valence-electron chi connectivity index (χ3n) is 3.52. The summed E-state index contributed by atoms with van der Waals surface area (Å²) in [7, 11) is 0. The first-order valence-electron chi connectivity index (χ1n) is 6.59. The van der Waals surface area contributed by atoms with Crippen LogP contribution in [0.25, 0.3) is 0 Å². The Hall–Kier alpha value is -0.940. The largest absolute Gasteiger partial charge is 0.422 e. The summed E-state index contributed by atoms with van der Waals surface area (Å²) in [5.74, 6) is 1.41. The van der Waals surface area contributed by atoms with E-state index in [1.165, 1.54) is 19.3 Å². The normalized spacial score (nSPS) is 29.6. The van der Waals surface area contributed by atoms with Crippen LogP contribution >= 0.6 is 0 Å². The summed E-state index contributed by atoms with van der Waals surface area (Å²) in [6.45, 7) is 1.92. The minimum Gasteiger partial charge on any atom is -0.422 e. The number of nitrogens with zero attached hydrogens (tertiary/aromatic N) is 2. The third-order valence-corrected chi connectivity index (χ3v) is 3.52. The van der Waals surface area contributed by atoms with Gasteiger partial charge in [0.2, 0.25) is 11.8 Å². The lowest BCUT2D eigenvalue weighted by atomic mass is 10.0. The van der Waals surface area contributed by atoms with Crippen LogP contribution < -0.4 is 5.32 Å². The quantitative estimate of drug-likeness (QED) is 0.865.